The number of nitro benzene ring substituents is 1. The fourth-order valence-corrected chi connectivity index (χ4v) is 1.88. The van der Waals surface area contributed by atoms with Gasteiger partial charge in [0.15, 0.2) is 0 Å². The van der Waals surface area contributed by atoms with Crippen molar-refractivity contribution in [3.8, 4) is 0 Å². The zero-order valence-electron chi connectivity index (χ0n) is 11.5. The van der Waals surface area contributed by atoms with Crippen molar-refractivity contribution < 1.29 is 9.72 Å². The van der Waals surface area contributed by atoms with Crippen LogP contribution in [0.1, 0.15) is 11.1 Å². The molecule has 0 fully saturated rings. The monoisotopic (exact) mass is 285 g/mol. The van der Waals surface area contributed by atoms with E-state index in [0.29, 0.717) is 12.2 Å². The quantitative estimate of drug-likeness (QED) is 0.668. The average Bonchev–Trinajstić information content (AvgIpc) is 2.45. The predicted molar refractivity (Wildman–Crippen MR) is 80.1 cm³/mol. The van der Waals surface area contributed by atoms with Crippen LogP contribution < -0.4 is 10.6 Å². The van der Waals surface area contributed by atoms with Crippen molar-refractivity contribution in [2.24, 2.45) is 0 Å². The van der Waals surface area contributed by atoms with E-state index in [2.05, 4.69) is 10.6 Å². The van der Waals surface area contributed by atoms with E-state index in [1.165, 1.54) is 18.2 Å². The lowest BCUT2D eigenvalue weighted by Crippen LogP contribution is -2.28. The van der Waals surface area contributed by atoms with Gasteiger partial charge in [0, 0.05) is 24.4 Å². The lowest BCUT2D eigenvalue weighted by Gasteiger charge is -2.08. The summed E-state index contributed by atoms with van der Waals surface area (Å²) in [5.41, 5.74) is 2.43. The summed E-state index contributed by atoms with van der Waals surface area (Å²) in [6.07, 6.45) is 0. The largest absolute Gasteiger partial charge is 0.334 e. The molecule has 6 heteroatoms. The van der Waals surface area contributed by atoms with Crippen LogP contribution in [0.2, 0.25) is 0 Å². The summed E-state index contributed by atoms with van der Waals surface area (Å²) in [6, 6.07) is 13.2. The van der Waals surface area contributed by atoms with E-state index >= 15 is 0 Å². The molecule has 0 aromatic heterocycles. The molecule has 0 heterocycles. The minimum atomic E-state index is -0.504. The van der Waals surface area contributed by atoms with Gasteiger partial charge >= 0.3 is 6.03 Å². The number of hydrogen-bond acceptors (Lipinski definition) is 3. The molecule has 0 saturated carbocycles. The fraction of sp³-hybridized carbons (Fsp3) is 0.133. The van der Waals surface area contributed by atoms with Gasteiger partial charge in [-0.1, -0.05) is 35.9 Å². The van der Waals surface area contributed by atoms with Gasteiger partial charge in [0.05, 0.1) is 4.92 Å². The first-order valence-corrected chi connectivity index (χ1v) is 6.39. The molecule has 0 saturated heterocycles. The van der Waals surface area contributed by atoms with Crippen molar-refractivity contribution in [3.63, 3.8) is 0 Å². The third kappa shape index (κ3) is 4.31. The van der Waals surface area contributed by atoms with E-state index in [4.69, 9.17) is 0 Å². The number of carbonyl (C=O) groups excluding carboxylic acids is 1. The number of benzene rings is 2. The van der Waals surface area contributed by atoms with E-state index in [9.17, 15) is 14.9 Å². The highest BCUT2D eigenvalue weighted by Crippen LogP contribution is 2.16. The zero-order chi connectivity index (χ0) is 15.2. The summed E-state index contributed by atoms with van der Waals surface area (Å²) in [5, 5.41) is 15.9. The van der Waals surface area contributed by atoms with Crippen LogP contribution in [-0.2, 0) is 6.54 Å². The van der Waals surface area contributed by atoms with Crippen molar-refractivity contribution in [1.29, 1.82) is 0 Å². The fourth-order valence-electron chi connectivity index (χ4n) is 1.88. The molecule has 0 bridgehead atoms. The Bertz CT molecular complexity index is 671. The molecule has 2 aromatic rings. The molecular weight excluding hydrogens is 270 g/mol. The second kappa shape index (κ2) is 6.51. The number of nitrogens with zero attached hydrogens (tertiary/aromatic N) is 1. The number of hydrogen-bond donors (Lipinski definition) is 2. The van der Waals surface area contributed by atoms with Crippen molar-refractivity contribution in [2.75, 3.05) is 5.32 Å². The third-order valence-electron chi connectivity index (χ3n) is 2.85. The molecule has 6 nitrogen and oxygen atoms in total. The van der Waals surface area contributed by atoms with Gasteiger partial charge in [-0.05, 0) is 18.6 Å². The number of nitrogens with one attached hydrogen (secondary N) is 2. The van der Waals surface area contributed by atoms with E-state index in [1.807, 2.05) is 31.2 Å². The van der Waals surface area contributed by atoms with E-state index in [-0.39, 0.29) is 5.69 Å². The Balaban J connectivity index is 1.93. The second-order valence-electron chi connectivity index (χ2n) is 4.60. The van der Waals surface area contributed by atoms with Crippen LogP contribution >= 0.6 is 0 Å². The summed E-state index contributed by atoms with van der Waals surface area (Å²) < 4.78 is 0. The molecule has 2 N–H and O–H groups in total. The van der Waals surface area contributed by atoms with Gasteiger partial charge < -0.3 is 10.6 Å². The number of amides is 2. The van der Waals surface area contributed by atoms with E-state index in [0.717, 1.165) is 11.1 Å². The smallest absolute Gasteiger partial charge is 0.319 e. The molecule has 0 radical (unpaired) electrons. The van der Waals surface area contributed by atoms with Crippen LogP contribution in [0.3, 0.4) is 0 Å². The Kier molecular flexibility index (Phi) is 4.50. The lowest BCUT2D eigenvalue weighted by atomic mass is 10.1. The molecular formula is C15H15N3O3. The predicted octanol–water partition coefficient (Wildman–Crippen LogP) is 3.22. The standard InChI is InChI=1S/C15H15N3O3/c1-11-4-2-5-12(8-11)10-16-15(19)17-13-6-3-7-14(9-13)18(20)21/h2-9H,10H2,1H3,(H2,16,17,19). The molecule has 0 aliphatic carbocycles. The van der Waals surface area contributed by atoms with Crippen LogP contribution in [0.25, 0.3) is 0 Å². The third-order valence-corrected chi connectivity index (χ3v) is 2.85. The van der Waals surface area contributed by atoms with Crippen molar-refractivity contribution >= 4 is 17.4 Å². The molecule has 21 heavy (non-hydrogen) atoms. The molecule has 0 unspecified atom stereocenters. The topological polar surface area (TPSA) is 84.3 Å². The van der Waals surface area contributed by atoms with Crippen LogP contribution in [0.5, 0.6) is 0 Å². The highest BCUT2D eigenvalue weighted by atomic mass is 16.6. The maximum Gasteiger partial charge on any atom is 0.319 e. The summed E-state index contributed by atoms with van der Waals surface area (Å²) in [6.45, 7) is 2.37. The number of anilines is 1. The van der Waals surface area contributed by atoms with Crippen molar-refractivity contribution in [1.82, 2.24) is 5.32 Å². The van der Waals surface area contributed by atoms with Crippen LogP contribution in [0, 0.1) is 17.0 Å². The number of aryl methyl sites for hydroxylation is 1. The Hall–Kier alpha value is -2.89. The average molecular weight is 285 g/mol. The van der Waals surface area contributed by atoms with Crippen LogP contribution in [0.4, 0.5) is 16.2 Å². The second-order valence-corrected chi connectivity index (χ2v) is 4.60. The van der Waals surface area contributed by atoms with Crippen molar-refractivity contribution in [2.45, 2.75) is 13.5 Å². The van der Waals surface area contributed by atoms with Gasteiger partial charge in [0.25, 0.3) is 5.69 Å². The molecule has 0 aliphatic heterocycles. The summed E-state index contributed by atoms with van der Waals surface area (Å²) in [4.78, 5) is 21.9. The molecule has 108 valence electrons. The molecule has 2 aromatic carbocycles. The summed E-state index contributed by atoms with van der Waals surface area (Å²) in [7, 11) is 0. The Morgan fingerprint density at radius 1 is 1.19 bits per heavy atom. The number of nitro groups is 1. The van der Waals surface area contributed by atoms with E-state index in [1.54, 1.807) is 6.07 Å². The first-order chi connectivity index (χ1) is 10.0. The molecule has 2 amide bonds. The first kappa shape index (κ1) is 14.5. The number of carbonyl (C=O) groups is 1. The molecule has 0 atom stereocenters. The minimum absolute atomic E-state index is 0.0634. The first-order valence-electron chi connectivity index (χ1n) is 6.39. The molecule has 2 rings (SSSR count). The highest BCUT2D eigenvalue weighted by molar-refractivity contribution is 5.89. The highest BCUT2D eigenvalue weighted by Gasteiger charge is 2.07. The van der Waals surface area contributed by atoms with Gasteiger partial charge in [0.1, 0.15) is 0 Å². The SMILES string of the molecule is Cc1cccc(CNC(=O)Nc2cccc([N+](=O)[O-])c2)c1. The van der Waals surface area contributed by atoms with Crippen LogP contribution in [-0.4, -0.2) is 11.0 Å². The normalized spacial score (nSPS) is 9.95. The Morgan fingerprint density at radius 3 is 2.67 bits per heavy atom. The lowest BCUT2D eigenvalue weighted by molar-refractivity contribution is -0.384. The summed E-state index contributed by atoms with van der Waals surface area (Å²) in [5.74, 6) is 0. The maximum absolute atomic E-state index is 11.8. The number of rotatable bonds is 4. The van der Waals surface area contributed by atoms with Gasteiger partial charge in [-0.25, -0.2) is 4.79 Å². The summed E-state index contributed by atoms with van der Waals surface area (Å²) >= 11 is 0. The van der Waals surface area contributed by atoms with Crippen LogP contribution in [0.15, 0.2) is 48.5 Å². The maximum atomic E-state index is 11.8. The Morgan fingerprint density at radius 2 is 1.95 bits per heavy atom. The zero-order valence-corrected chi connectivity index (χ0v) is 11.5. The number of non-ortho nitro benzene ring substituents is 1. The van der Waals surface area contributed by atoms with E-state index < -0.39 is 11.0 Å². The molecule has 0 aliphatic rings. The number of urea groups is 1. The van der Waals surface area contributed by atoms with Gasteiger partial charge in [0.2, 0.25) is 0 Å². The van der Waals surface area contributed by atoms with Crippen molar-refractivity contribution in [3.05, 3.63) is 69.8 Å². The molecule has 0 spiro atoms. The van der Waals surface area contributed by atoms with Gasteiger partial charge in [-0.15, -0.1) is 0 Å². The minimum Gasteiger partial charge on any atom is -0.334 e. The van der Waals surface area contributed by atoms with Gasteiger partial charge in [-0.3, -0.25) is 10.1 Å². The van der Waals surface area contributed by atoms with Gasteiger partial charge in [-0.2, -0.15) is 0 Å². The Labute approximate surface area is 121 Å².